The molecule has 2 aromatic rings. The minimum Gasteiger partial charge on any atom is -0.352 e. The molecule has 0 aromatic carbocycles. The Morgan fingerprint density at radius 1 is 1.23 bits per heavy atom. The number of carbonyl (C=O) groups is 1. The van der Waals surface area contributed by atoms with Gasteiger partial charge in [0, 0.05) is 23.4 Å². The standard InChI is InChI=1S/C24H32N4OS2/c1-15(24-11-16-7-17(12-24)9-18(8-16)13-24)25-22(29)14-31-23-27-26-21(28(23)19-4-5-19)10-20-3-2-6-30-20/h2-3,6,15-19H,4-5,7-14H2,1H3,(H,25,29)/t15-,16?,17?,18?,24?/m1/s1. The van der Waals surface area contributed by atoms with Crippen molar-refractivity contribution in [2.75, 3.05) is 5.75 Å². The minimum atomic E-state index is 0.151. The molecule has 5 aliphatic rings. The summed E-state index contributed by atoms with van der Waals surface area (Å²) in [5.74, 6) is 4.37. The second kappa shape index (κ2) is 7.91. The Balaban J connectivity index is 1.09. The molecule has 7 heteroatoms. The molecule has 0 aliphatic heterocycles. The van der Waals surface area contributed by atoms with Crippen LogP contribution in [0.2, 0.25) is 0 Å². The predicted octanol–water partition coefficient (Wildman–Crippen LogP) is 5.08. The summed E-state index contributed by atoms with van der Waals surface area (Å²) in [7, 11) is 0. The molecule has 7 rings (SSSR count). The first-order valence-corrected chi connectivity index (χ1v) is 13.8. The molecule has 5 nitrogen and oxygen atoms in total. The molecular weight excluding hydrogens is 424 g/mol. The van der Waals surface area contributed by atoms with Crippen LogP contribution in [0, 0.1) is 23.2 Å². The van der Waals surface area contributed by atoms with E-state index in [1.54, 1.807) is 23.1 Å². The van der Waals surface area contributed by atoms with E-state index >= 15 is 0 Å². The topological polar surface area (TPSA) is 59.8 Å². The van der Waals surface area contributed by atoms with Gasteiger partial charge in [-0.2, -0.15) is 0 Å². The zero-order valence-corrected chi connectivity index (χ0v) is 19.9. The van der Waals surface area contributed by atoms with Crippen molar-refractivity contribution in [3.8, 4) is 0 Å². The van der Waals surface area contributed by atoms with Gasteiger partial charge >= 0.3 is 0 Å². The minimum absolute atomic E-state index is 0.151. The third-order valence-corrected chi connectivity index (χ3v) is 10.1. The smallest absolute Gasteiger partial charge is 0.230 e. The molecule has 0 spiro atoms. The molecule has 1 atom stereocenters. The average molecular weight is 457 g/mol. The van der Waals surface area contributed by atoms with E-state index in [-0.39, 0.29) is 11.9 Å². The molecule has 1 amide bonds. The van der Waals surface area contributed by atoms with Crippen LogP contribution in [0.1, 0.15) is 75.0 Å². The fourth-order valence-electron chi connectivity index (χ4n) is 7.07. The number of thioether (sulfide) groups is 1. The zero-order chi connectivity index (χ0) is 21.0. The number of rotatable bonds is 8. The van der Waals surface area contributed by atoms with Crippen molar-refractivity contribution in [2.24, 2.45) is 23.2 Å². The van der Waals surface area contributed by atoms with Gasteiger partial charge in [-0.15, -0.1) is 21.5 Å². The number of amides is 1. The van der Waals surface area contributed by atoms with Crippen molar-refractivity contribution < 1.29 is 4.79 Å². The van der Waals surface area contributed by atoms with E-state index in [1.165, 1.54) is 56.2 Å². The molecule has 0 unspecified atom stereocenters. The average Bonchev–Trinajstić information content (AvgIpc) is 3.28. The van der Waals surface area contributed by atoms with Crippen LogP contribution in [0.15, 0.2) is 22.7 Å². The lowest BCUT2D eigenvalue weighted by Gasteiger charge is -2.59. The van der Waals surface area contributed by atoms with E-state index in [1.807, 2.05) is 0 Å². The molecular formula is C24H32N4OS2. The summed E-state index contributed by atoms with van der Waals surface area (Å²) in [5.41, 5.74) is 0.358. The molecule has 31 heavy (non-hydrogen) atoms. The number of nitrogens with one attached hydrogen (secondary N) is 1. The van der Waals surface area contributed by atoms with Crippen LogP contribution >= 0.6 is 23.1 Å². The number of hydrogen-bond acceptors (Lipinski definition) is 5. The van der Waals surface area contributed by atoms with Crippen molar-refractivity contribution in [1.29, 1.82) is 0 Å². The van der Waals surface area contributed by atoms with Gasteiger partial charge in [-0.3, -0.25) is 4.79 Å². The summed E-state index contributed by atoms with van der Waals surface area (Å²) in [6.07, 6.45) is 11.5. The Labute approximate surface area is 192 Å². The van der Waals surface area contributed by atoms with Gasteiger partial charge in [0.15, 0.2) is 5.16 Å². The van der Waals surface area contributed by atoms with Crippen LogP contribution in [-0.4, -0.2) is 32.5 Å². The van der Waals surface area contributed by atoms with Gasteiger partial charge in [0.2, 0.25) is 5.91 Å². The van der Waals surface area contributed by atoms with Crippen molar-refractivity contribution in [3.05, 3.63) is 28.2 Å². The molecule has 166 valence electrons. The van der Waals surface area contributed by atoms with E-state index in [0.717, 1.165) is 35.2 Å². The maximum absolute atomic E-state index is 12.9. The number of aromatic nitrogens is 3. The summed E-state index contributed by atoms with van der Waals surface area (Å²) in [4.78, 5) is 14.2. The highest BCUT2D eigenvalue weighted by Gasteiger charge is 2.53. The van der Waals surface area contributed by atoms with Gasteiger partial charge in [0.25, 0.3) is 0 Å². The summed E-state index contributed by atoms with van der Waals surface area (Å²) >= 11 is 3.32. The first-order valence-electron chi connectivity index (χ1n) is 12.0. The van der Waals surface area contributed by atoms with Gasteiger partial charge in [-0.05, 0) is 92.9 Å². The van der Waals surface area contributed by atoms with Gasteiger partial charge in [0.05, 0.1) is 5.75 Å². The van der Waals surface area contributed by atoms with E-state index in [9.17, 15) is 4.79 Å². The number of carbonyl (C=O) groups excluding carboxylic acids is 1. The quantitative estimate of drug-likeness (QED) is 0.563. The third-order valence-electron chi connectivity index (χ3n) is 8.27. The Hall–Kier alpha value is -1.34. The number of thiophene rings is 1. The molecule has 5 fully saturated rings. The fourth-order valence-corrected chi connectivity index (χ4v) is 8.61. The predicted molar refractivity (Wildman–Crippen MR) is 124 cm³/mol. The van der Waals surface area contributed by atoms with Gasteiger partial charge in [-0.1, -0.05) is 17.8 Å². The van der Waals surface area contributed by atoms with Gasteiger partial charge in [-0.25, -0.2) is 0 Å². The van der Waals surface area contributed by atoms with E-state index < -0.39 is 0 Å². The molecule has 0 saturated heterocycles. The van der Waals surface area contributed by atoms with Crippen LogP contribution in [0.4, 0.5) is 0 Å². The SMILES string of the molecule is C[C@@H](NC(=O)CSc1nnc(Cc2cccs2)n1C1CC1)C12CC3CC(CC(C3)C1)C2. The highest BCUT2D eigenvalue weighted by Crippen LogP contribution is 2.61. The van der Waals surface area contributed by atoms with Crippen molar-refractivity contribution >= 4 is 29.0 Å². The lowest BCUT2D eigenvalue weighted by Crippen LogP contribution is -2.56. The maximum Gasteiger partial charge on any atom is 0.230 e. The molecule has 2 heterocycles. The normalized spacial score (nSPS) is 32.4. The Kier molecular flexibility index (Phi) is 5.17. The van der Waals surface area contributed by atoms with E-state index in [0.29, 0.717) is 17.2 Å². The summed E-state index contributed by atoms with van der Waals surface area (Å²) in [6.45, 7) is 2.27. The first-order chi connectivity index (χ1) is 15.1. The number of hydrogen-bond donors (Lipinski definition) is 1. The van der Waals surface area contributed by atoms with Gasteiger partial charge in [0.1, 0.15) is 5.82 Å². The van der Waals surface area contributed by atoms with E-state index in [4.69, 9.17) is 0 Å². The summed E-state index contributed by atoms with van der Waals surface area (Å²) < 4.78 is 2.29. The largest absolute Gasteiger partial charge is 0.352 e. The van der Waals surface area contributed by atoms with Gasteiger partial charge < -0.3 is 9.88 Å². The Morgan fingerprint density at radius 2 is 1.94 bits per heavy atom. The second-order valence-corrected chi connectivity index (χ2v) is 12.6. The molecule has 0 radical (unpaired) electrons. The maximum atomic E-state index is 12.9. The molecule has 1 N–H and O–H groups in total. The van der Waals surface area contributed by atoms with Crippen molar-refractivity contribution in [1.82, 2.24) is 20.1 Å². The Bertz CT molecular complexity index is 914. The highest BCUT2D eigenvalue weighted by atomic mass is 32.2. The van der Waals surface area contributed by atoms with Crippen LogP contribution in [0.3, 0.4) is 0 Å². The van der Waals surface area contributed by atoms with Crippen molar-refractivity contribution in [2.45, 2.75) is 82.0 Å². The zero-order valence-electron chi connectivity index (χ0n) is 18.3. The summed E-state index contributed by atoms with van der Waals surface area (Å²) in [5, 5.41) is 15.4. The Morgan fingerprint density at radius 3 is 2.55 bits per heavy atom. The molecule has 4 bridgehead atoms. The second-order valence-electron chi connectivity index (χ2n) is 10.6. The lowest BCUT2D eigenvalue weighted by atomic mass is 9.48. The fraction of sp³-hybridized carbons (Fsp3) is 0.708. The van der Waals surface area contributed by atoms with Crippen molar-refractivity contribution in [3.63, 3.8) is 0 Å². The van der Waals surface area contributed by atoms with Crippen LogP contribution in [-0.2, 0) is 11.2 Å². The van der Waals surface area contributed by atoms with Crippen LogP contribution in [0.5, 0.6) is 0 Å². The highest BCUT2D eigenvalue weighted by molar-refractivity contribution is 7.99. The number of nitrogens with zero attached hydrogens (tertiary/aromatic N) is 3. The first kappa shape index (κ1) is 20.3. The molecule has 2 aromatic heterocycles. The lowest BCUT2D eigenvalue weighted by molar-refractivity contribution is -0.123. The molecule has 5 saturated carbocycles. The summed E-state index contributed by atoms with van der Waals surface area (Å²) in [6, 6.07) is 5.04. The third kappa shape index (κ3) is 3.97. The van der Waals surface area contributed by atoms with Crippen LogP contribution in [0.25, 0.3) is 0 Å². The molecule has 5 aliphatic carbocycles. The van der Waals surface area contributed by atoms with E-state index in [2.05, 4.69) is 44.5 Å². The monoisotopic (exact) mass is 456 g/mol. The van der Waals surface area contributed by atoms with Crippen LogP contribution < -0.4 is 5.32 Å².